The largest absolute Gasteiger partial charge is 0.508 e. The van der Waals surface area contributed by atoms with Crippen molar-refractivity contribution < 1.29 is 14.7 Å². The lowest BCUT2D eigenvalue weighted by Gasteiger charge is -2.31. The van der Waals surface area contributed by atoms with Gasteiger partial charge in [0, 0.05) is 13.1 Å². The van der Waals surface area contributed by atoms with E-state index in [9.17, 15) is 14.7 Å². The molecule has 2 rings (SSSR count). The second-order valence-electron chi connectivity index (χ2n) is 4.92. The van der Waals surface area contributed by atoms with Crippen LogP contribution < -0.4 is 5.73 Å². The molecular formula is C14H18N2O3. The van der Waals surface area contributed by atoms with Crippen LogP contribution in [0, 0.1) is 5.92 Å². The molecule has 5 nitrogen and oxygen atoms in total. The molecule has 0 radical (unpaired) electrons. The first kappa shape index (κ1) is 13.4. The third kappa shape index (κ3) is 3.47. The number of phenolic OH excluding ortho intramolecular Hbond substituents is 1. The highest BCUT2D eigenvalue weighted by Crippen LogP contribution is 2.17. The Bertz CT molecular complexity index is 470. The highest BCUT2D eigenvalue weighted by molar-refractivity contribution is 5.81. The molecule has 1 saturated heterocycles. The van der Waals surface area contributed by atoms with Crippen molar-refractivity contribution in [3.63, 3.8) is 0 Å². The average molecular weight is 262 g/mol. The van der Waals surface area contributed by atoms with E-state index in [1.54, 1.807) is 29.2 Å². The van der Waals surface area contributed by atoms with Gasteiger partial charge in [-0.15, -0.1) is 0 Å². The van der Waals surface area contributed by atoms with E-state index >= 15 is 0 Å². The summed E-state index contributed by atoms with van der Waals surface area (Å²) in [6.45, 7) is 1.10. The SMILES string of the molecule is NC(=O)C1CCCN(C(=O)Cc2ccc(O)cc2)C1. The van der Waals surface area contributed by atoms with Crippen LogP contribution in [-0.2, 0) is 16.0 Å². The molecule has 1 unspecified atom stereocenters. The zero-order valence-corrected chi connectivity index (χ0v) is 10.7. The van der Waals surface area contributed by atoms with Crippen molar-refractivity contribution in [2.45, 2.75) is 19.3 Å². The molecule has 1 atom stereocenters. The molecule has 3 N–H and O–H groups in total. The lowest BCUT2D eigenvalue weighted by Crippen LogP contribution is -2.44. The minimum atomic E-state index is -0.331. The van der Waals surface area contributed by atoms with Crippen LogP contribution in [0.3, 0.4) is 0 Å². The molecule has 1 aliphatic rings. The van der Waals surface area contributed by atoms with Gasteiger partial charge in [0.2, 0.25) is 11.8 Å². The number of hydrogen-bond acceptors (Lipinski definition) is 3. The van der Waals surface area contributed by atoms with Gasteiger partial charge >= 0.3 is 0 Å². The molecular weight excluding hydrogens is 244 g/mol. The molecule has 0 saturated carbocycles. The Labute approximate surface area is 112 Å². The maximum Gasteiger partial charge on any atom is 0.227 e. The number of carbonyl (C=O) groups excluding carboxylic acids is 2. The minimum Gasteiger partial charge on any atom is -0.508 e. The summed E-state index contributed by atoms with van der Waals surface area (Å²) in [5, 5.41) is 9.19. The van der Waals surface area contributed by atoms with Crippen molar-refractivity contribution >= 4 is 11.8 Å². The predicted octanol–water partition coefficient (Wildman–Crippen LogP) is 0.659. The van der Waals surface area contributed by atoms with Gasteiger partial charge < -0.3 is 15.7 Å². The summed E-state index contributed by atoms with van der Waals surface area (Å²) in [4.78, 5) is 25.0. The Morgan fingerprint density at radius 3 is 2.63 bits per heavy atom. The van der Waals surface area contributed by atoms with E-state index in [1.165, 1.54) is 0 Å². The lowest BCUT2D eigenvalue weighted by molar-refractivity contribution is -0.134. The van der Waals surface area contributed by atoms with Crippen LogP contribution in [0.25, 0.3) is 0 Å². The molecule has 0 bridgehead atoms. The number of phenols is 1. The Hall–Kier alpha value is -2.04. The molecule has 5 heteroatoms. The van der Waals surface area contributed by atoms with Crippen LogP contribution >= 0.6 is 0 Å². The molecule has 0 spiro atoms. The van der Waals surface area contributed by atoms with Crippen LogP contribution in [0.15, 0.2) is 24.3 Å². The van der Waals surface area contributed by atoms with Gasteiger partial charge in [-0.3, -0.25) is 9.59 Å². The summed E-state index contributed by atoms with van der Waals surface area (Å²) in [6.07, 6.45) is 1.86. The smallest absolute Gasteiger partial charge is 0.227 e. The van der Waals surface area contributed by atoms with Crippen LogP contribution in [0.2, 0.25) is 0 Å². The first-order chi connectivity index (χ1) is 9.06. The summed E-state index contributed by atoms with van der Waals surface area (Å²) in [6, 6.07) is 6.57. The molecule has 0 aromatic heterocycles. The summed E-state index contributed by atoms with van der Waals surface area (Å²) < 4.78 is 0. The van der Waals surface area contributed by atoms with Gasteiger partial charge in [-0.2, -0.15) is 0 Å². The average Bonchev–Trinajstić information content (AvgIpc) is 2.41. The number of benzene rings is 1. The van der Waals surface area contributed by atoms with Crippen LogP contribution in [0.5, 0.6) is 5.75 Å². The summed E-state index contributed by atoms with van der Waals surface area (Å²) >= 11 is 0. The second-order valence-corrected chi connectivity index (χ2v) is 4.92. The van der Waals surface area contributed by atoms with Gasteiger partial charge in [0.05, 0.1) is 12.3 Å². The van der Waals surface area contributed by atoms with Crippen LogP contribution in [-0.4, -0.2) is 34.9 Å². The lowest BCUT2D eigenvalue weighted by atomic mass is 9.97. The van der Waals surface area contributed by atoms with E-state index in [0.717, 1.165) is 18.4 Å². The third-order valence-corrected chi connectivity index (χ3v) is 3.47. The molecule has 1 aliphatic heterocycles. The molecule has 19 heavy (non-hydrogen) atoms. The van der Waals surface area contributed by atoms with Crippen molar-refractivity contribution in [3.05, 3.63) is 29.8 Å². The number of nitrogens with two attached hydrogens (primary N) is 1. The van der Waals surface area contributed by atoms with E-state index in [2.05, 4.69) is 0 Å². The summed E-state index contributed by atoms with van der Waals surface area (Å²) in [5.74, 6) is -0.376. The molecule has 1 fully saturated rings. The van der Waals surface area contributed by atoms with E-state index in [-0.39, 0.29) is 29.9 Å². The first-order valence-corrected chi connectivity index (χ1v) is 6.41. The standard InChI is InChI=1S/C14H18N2O3/c15-14(19)11-2-1-7-16(9-11)13(18)8-10-3-5-12(17)6-4-10/h3-6,11,17H,1-2,7-9H2,(H2,15,19). The number of likely N-dealkylation sites (tertiary alicyclic amines) is 1. The predicted molar refractivity (Wildman–Crippen MR) is 70.3 cm³/mol. The first-order valence-electron chi connectivity index (χ1n) is 6.41. The van der Waals surface area contributed by atoms with Crippen molar-refractivity contribution in [2.75, 3.05) is 13.1 Å². The zero-order valence-electron chi connectivity index (χ0n) is 10.7. The number of piperidine rings is 1. The zero-order chi connectivity index (χ0) is 13.8. The number of aromatic hydroxyl groups is 1. The van der Waals surface area contributed by atoms with Crippen molar-refractivity contribution in [1.82, 2.24) is 4.90 Å². The summed E-state index contributed by atoms with van der Waals surface area (Å²) in [5.41, 5.74) is 6.15. The molecule has 1 aromatic carbocycles. The molecule has 0 aliphatic carbocycles. The molecule has 2 amide bonds. The Morgan fingerprint density at radius 1 is 1.32 bits per heavy atom. The van der Waals surface area contributed by atoms with E-state index in [4.69, 9.17) is 5.73 Å². The van der Waals surface area contributed by atoms with Gasteiger partial charge in [-0.05, 0) is 30.5 Å². The van der Waals surface area contributed by atoms with Crippen molar-refractivity contribution in [3.8, 4) is 5.75 Å². The number of carbonyl (C=O) groups is 2. The number of hydrogen-bond donors (Lipinski definition) is 2. The minimum absolute atomic E-state index is 0.00311. The Morgan fingerprint density at radius 2 is 2.00 bits per heavy atom. The van der Waals surface area contributed by atoms with E-state index in [1.807, 2.05) is 0 Å². The Balaban J connectivity index is 1.96. The highest BCUT2D eigenvalue weighted by Gasteiger charge is 2.26. The number of rotatable bonds is 3. The fourth-order valence-corrected chi connectivity index (χ4v) is 2.34. The number of primary amides is 1. The van der Waals surface area contributed by atoms with Gasteiger partial charge in [0.15, 0.2) is 0 Å². The molecule has 102 valence electrons. The monoisotopic (exact) mass is 262 g/mol. The highest BCUT2D eigenvalue weighted by atomic mass is 16.3. The van der Waals surface area contributed by atoms with Gasteiger partial charge in [0.1, 0.15) is 5.75 Å². The number of nitrogens with zero attached hydrogens (tertiary/aromatic N) is 1. The Kier molecular flexibility index (Phi) is 4.04. The fourth-order valence-electron chi connectivity index (χ4n) is 2.34. The van der Waals surface area contributed by atoms with Crippen molar-refractivity contribution in [1.29, 1.82) is 0 Å². The number of amides is 2. The van der Waals surface area contributed by atoms with Crippen molar-refractivity contribution in [2.24, 2.45) is 11.7 Å². The maximum absolute atomic E-state index is 12.1. The van der Waals surface area contributed by atoms with E-state index in [0.29, 0.717) is 13.1 Å². The summed E-state index contributed by atoms with van der Waals surface area (Å²) in [7, 11) is 0. The third-order valence-electron chi connectivity index (χ3n) is 3.47. The van der Waals surface area contributed by atoms with Gasteiger partial charge in [0.25, 0.3) is 0 Å². The van der Waals surface area contributed by atoms with Gasteiger partial charge in [-0.25, -0.2) is 0 Å². The molecule has 1 aromatic rings. The van der Waals surface area contributed by atoms with Crippen LogP contribution in [0.4, 0.5) is 0 Å². The quantitative estimate of drug-likeness (QED) is 0.839. The normalized spacial score (nSPS) is 19.2. The second kappa shape index (κ2) is 5.73. The topological polar surface area (TPSA) is 83.6 Å². The molecule has 1 heterocycles. The van der Waals surface area contributed by atoms with Gasteiger partial charge in [-0.1, -0.05) is 12.1 Å². The fraction of sp³-hybridized carbons (Fsp3) is 0.429. The maximum atomic E-state index is 12.1. The van der Waals surface area contributed by atoms with Crippen LogP contribution in [0.1, 0.15) is 18.4 Å². The van der Waals surface area contributed by atoms with E-state index < -0.39 is 0 Å².